The molecule has 1 atom stereocenters. The topological polar surface area (TPSA) is 64.1 Å². The van der Waals surface area contributed by atoms with E-state index in [1.807, 2.05) is 6.92 Å². The van der Waals surface area contributed by atoms with Crippen molar-refractivity contribution in [1.82, 2.24) is 10.2 Å². The summed E-state index contributed by atoms with van der Waals surface area (Å²) in [5, 5.41) is 11.1. The van der Waals surface area contributed by atoms with E-state index in [0.717, 1.165) is 5.56 Å². The van der Waals surface area contributed by atoms with Crippen LogP contribution < -0.4 is 10.1 Å². The zero-order valence-electron chi connectivity index (χ0n) is 10.4. The predicted octanol–water partition coefficient (Wildman–Crippen LogP) is 2.91. The Morgan fingerprint density at radius 1 is 1.53 bits per heavy atom. The number of carbonyl (C=O) groups excluding carboxylic acids is 1. The Bertz CT molecular complexity index is 574. The van der Waals surface area contributed by atoms with Crippen LogP contribution in [0.4, 0.5) is 5.13 Å². The molecule has 0 bridgehead atoms. The van der Waals surface area contributed by atoms with E-state index >= 15 is 0 Å². The molecule has 1 heterocycles. The second-order valence-electron chi connectivity index (χ2n) is 3.90. The van der Waals surface area contributed by atoms with E-state index in [2.05, 4.69) is 15.5 Å². The van der Waals surface area contributed by atoms with Crippen molar-refractivity contribution >= 4 is 34.0 Å². The van der Waals surface area contributed by atoms with Crippen molar-refractivity contribution in [2.45, 2.75) is 20.0 Å². The Morgan fingerprint density at radius 2 is 2.32 bits per heavy atom. The van der Waals surface area contributed by atoms with Crippen molar-refractivity contribution in [2.24, 2.45) is 0 Å². The van der Waals surface area contributed by atoms with Crippen LogP contribution in [0.3, 0.4) is 0 Å². The van der Waals surface area contributed by atoms with E-state index in [4.69, 9.17) is 16.3 Å². The highest BCUT2D eigenvalue weighted by molar-refractivity contribution is 7.13. The van der Waals surface area contributed by atoms with E-state index in [9.17, 15) is 4.79 Å². The highest BCUT2D eigenvalue weighted by Gasteiger charge is 2.16. The zero-order chi connectivity index (χ0) is 13.8. The number of halogens is 1. The molecule has 0 saturated carbocycles. The maximum absolute atomic E-state index is 11.9. The van der Waals surface area contributed by atoms with Crippen LogP contribution >= 0.6 is 22.9 Å². The van der Waals surface area contributed by atoms with Crippen LogP contribution in [0.25, 0.3) is 0 Å². The Balaban J connectivity index is 2.00. The minimum absolute atomic E-state index is 0.272. The molecular weight excluding hydrogens is 286 g/mol. The molecule has 7 heteroatoms. The number of hydrogen-bond donors (Lipinski definition) is 1. The summed E-state index contributed by atoms with van der Waals surface area (Å²) in [6, 6.07) is 5.25. The van der Waals surface area contributed by atoms with Crippen LogP contribution in [0.2, 0.25) is 5.02 Å². The monoisotopic (exact) mass is 297 g/mol. The van der Waals surface area contributed by atoms with Crippen molar-refractivity contribution in [3.8, 4) is 5.75 Å². The number of amides is 1. The number of benzene rings is 1. The third-order valence-corrected chi connectivity index (χ3v) is 3.24. The molecule has 0 saturated heterocycles. The fourth-order valence-electron chi connectivity index (χ4n) is 1.42. The van der Waals surface area contributed by atoms with Gasteiger partial charge in [-0.25, -0.2) is 0 Å². The summed E-state index contributed by atoms with van der Waals surface area (Å²) in [5.74, 6) is 0.357. The molecule has 0 radical (unpaired) electrons. The van der Waals surface area contributed by atoms with Gasteiger partial charge in [-0.15, -0.1) is 10.2 Å². The number of anilines is 1. The summed E-state index contributed by atoms with van der Waals surface area (Å²) in [6.07, 6.45) is -0.635. The van der Waals surface area contributed by atoms with Gasteiger partial charge in [0.15, 0.2) is 6.10 Å². The molecule has 1 aromatic heterocycles. The summed E-state index contributed by atoms with van der Waals surface area (Å²) in [7, 11) is 0. The Labute approximate surface area is 119 Å². The second kappa shape index (κ2) is 5.99. The highest BCUT2D eigenvalue weighted by atomic mass is 35.5. The summed E-state index contributed by atoms with van der Waals surface area (Å²) >= 11 is 7.12. The predicted molar refractivity (Wildman–Crippen MR) is 74.8 cm³/mol. The number of hydrogen-bond acceptors (Lipinski definition) is 5. The zero-order valence-corrected chi connectivity index (χ0v) is 12.0. The van der Waals surface area contributed by atoms with Crippen molar-refractivity contribution in [1.29, 1.82) is 0 Å². The first-order valence-corrected chi connectivity index (χ1v) is 6.82. The van der Waals surface area contributed by atoms with Gasteiger partial charge in [0.25, 0.3) is 5.91 Å². The lowest BCUT2D eigenvalue weighted by molar-refractivity contribution is -0.122. The molecule has 19 heavy (non-hydrogen) atoms. The number of carbonyl (C=O) groups is 1. The van der Waals surface area contributed by atoms with Crippen molar-refractivity contribution < 1.29 is 9.53 Å². The van der Waals surface area contributed by atoms with Gasteiger partial charge in [0, 0.05) is 5.02 Å². The second-order valence-corrected chi connectivity index (χ2v) is 5.17. The summed E-state index contributed by atoms with van der Waals surface area (Å²) < 4.78 is 5.60. The van der Waals surface area contributed by atoms with Crippen LogP contribution in [0.5, 0.6) is 5.75 Å². The lowest BCUT2D eigenvalue weighted by Crippen LogP contribution is -2.30. The summed E-state index contributed by atoms with van der Waals surface area (Å²) in [5.41, 5.74) is 2.42. The van der Waals surface area contributed by atoms with Gasteiger partial charge in [-0.05, 0) is 37.6 Å². The standard InChI is InChI=1S/C12H12ClN3O2S/c1-7-5-9(13)3-4-10(7)18-8(2)11(17)15-12-16-14-6-19-12/h3-6,8H,1-2H3,(H,15,16,17)/t8-/m1/s1. The van der Waals surface area contributed by atoms with Gasteiger partial charge in [-0.1, -0.05) is 22.9 Å². The third kappa shape index (κ3) is 3.65. The van der Waals surface area contributed by atoms with E-state index in [1.54, 1.807) is 30.6 Å². The number of aromatic nitrogens is 2. The third-order valence-electron chi connectivity index (χ3n) is 2.40. The molecule has 1 aromatic carbocycles. The number of nitrogens with zero attached hydrogens (tertiary/aromatic N) is 2. The fourth-order valence-corrected chi connectivity index (χ4v) is 2.10. The molecule has 2 rings (SSSR count). The Kier molecular flexibility index (Phi) is 4.34. The van der Waals surface area contributed by atoms with Crippen LogP contribution in [-0.4, -0.2) is 22.2 Å². The van der Waals surface area contributed by atoms with E-state index in [-0.39, 0.29) is 5.91 Å². The SMILES string of the molecule is Cc1cc(Cl)ccc1O[C@H](C)C(=O)Nc1nncs1. The molecule has 0 aliphatic heterocycles. The van der Waals surface area contributed by atoms with Crippen molar-refractivity contribution in [2.75, 3.05) is 5.32 Å². The normalized spacial score (nSPS) is 11.9. The van der Waals surface area contributed by atoms with Gasteiger partial charge >= 0.3 is 0 Å². The summed E-state index contributed by atoms with van der Waals surface area (Å²) in [6.45, 7) is 3.54. The number of ether oxygens (including phenoxy) is 1. The lowest BCUT2D eigenvalue weighted by Gasteiger charge is -2.15. The lowest BCUT2D eigenvalue weighted by atomic mass is 10.2. The average Bonchev–Trinajstić information content (AvgIpc) is 2.85. The maximum Gasteiger partial charge on any atom is 0.266 e. The van der Waals surface area contributed by atoms with Crippen LogP contribution in [0.15, 0.2) is 23.7 Å². The van der Waals surface area contributed by atoms with Crippen LogP contribution in [0, 0.1) is 6.92 Å². The quantitative estimate of drug-likeness (QED) is 0.942. The van der Waals surface area contributed by atoms with Gasteiger partial charge in [0.05, 0.1) is 0 Å². The van der Waals surface area contributed by atoms with Crippen molar-refractivity contribution in [3.05, 3.63) is 34.3 Å². The van der Waals surface area contributed by atoms with Gasteiger partial charge in [-0.2, -0.15) is 0 Å². The van der Waals surface area contributed by atoms with Gasteiger partial charge in [-0.3, -0.25) is 10.1 Å². The molecule has 1 amide bonds. The maximum atomic E-state index is 11.9. The molecule has 2 aromatic rings. The Hall–Kier alpha value is -1.66. The molecule has 0 unspecified atom stereocenters. The molecular formula is C12H12ClN3O2S. The smallest absolute Gasteiger partial charge is 0.266 e. The molecule has 100 valence electrons. The molecule has 0 spiro atoms. The molecule has 1 N–H and O–H groups in total. The highest BCUT2D eigenvalue weighted by Crippen LogP contribution is 2.23. The van der Waals surface area contributed by atoms with Gasteiger partial charge < -0.3 is 4.74 Å². The van der Waals surface area contributed by atoms with E-state index in [1.165, 1.54) is 11.3 Å². The fraction of sp³-hybridized carbons (Fsp3) is 0.250. The number of aryl methyl sites for hydroxylation is 1. The van der Waals surface area contributed by atoms with Crippen LogP contribution in [-0.2, 0) is 4.79 Å². The van der Waals surface area contributed by atoms with Gasteiger partial charge in [0.2, 0.25) is 5.13 Å². The number of rotatable bonds is 4. The largest absolute Gasteiger partial charge is 0.481 e. The first-order valence-electron chi connectivity index (χ1n) is 5.56. The van der Waals surface area contributed by atoms with E-state index < -0.39 is 6.10 Å². The van der Waals surface area contributed by atoms with Crippen LogP contribution in [0.1, 0.15) is 12.5 Å². The van der Waals surface area contributed by atoms with E-state index in [0.29, 0.717) is 15.9 Å². The molecule has 0 fully saturated rings. The average molecular weight is 298 g/mol. The first-order chi connectivity index (χ1) is 9.06. The molecule has 0 aliphatic carbocycles. The first kappa shape index (κ1) is 13.8. The number of nitrogens with one attached hydrogen (secondary N) is 1. The minimum atomic E-state index is -0.635. The molecule has 0 aliphatic rings. The Morgan fingerprint density at radius 3 is 2.95 bits per heavy atom. The minimum Gasteiger partial charge on any atom is -0.481 e. The summed E-state index contributed by atoms with van der Waals surface area (Å²) in [4.78, 5) is 11.9. The van der Waals surface area contributed by atoms with Crippen molar-refractivity contribution in [3.63, 3.8) is 0 Å². The molecule has 5 nitrogen and oxygen atoms in total. The van der Waals surface area contributed by atoms with Gasteiger partial charge in [0.1, 0.15) is 11.3 Å².